The van der Waals surface area contributed by atoms with Gasteiger partial charge in [0, 0.05) is 18.1 Å². The van der Waals surface area contributed by atoms with Crippen molar-refractivity contribution < 1.29 is 9.59 Å². The zero-order valence-corrected chi connectivity index (χ0v) is 19.3. The van der Waals surface area contributed by atoms with E-state index in [1.807, 2.05) is 57.2 Å². The van der Waals surface area contributed by atoms with Crippen molar-refractivity contribution in [3.8, 4) is 0 Å². The Hall–Kier alpha value is -2.33. The number of aryl methyl sites for hydroxylation is 2. The topological polar surface area (TPSA) is 49.4 Å². The maximum atomic E-state index is 13.4. The molecule has 1 unspecified atom stereocenters. The summed E-state index contributed by atoms with van der Waals surface area (Å²) in [4.78, 5) is 28.0. The number of carbonyl (C=O) groups excluding carboxylic acids is 2. The van der Waals surface area contributed by atoms with Crippen LogP contribution in [0, 0.1) is 13.8 Å². The Morgan fingerprint density at radius 2 is 1.77 bits per heavy atom. The highest BCUT2D eigenvalue weighted by atomic mass is 35.5. The van der Waals surface area contributed by atoms with Gasteiger partial charge in [-0.05, 0) is 55.5 Å². The Balaban J connectivity index is 2.28. The Bertz CT molecular complexity index is 849. The third kappa shape index (κ3) is 6.88. The summed E-state index contributed by atoms with van der Waals surface area (Å²) in [5, 5.41) is 3.64. The number of nitrogens with zero attached hydrogens (tertiary/aromatic N) is 1. The Morgan fingerprint density at radius 1 is 1.07 bits per heavy atom. The standard InChI is InChI=1S/C25H33ClN2O2/c1-5-7-14-27-25(30)23(6-2)28(17-20-10-12-22(26)13-11-20)24(29)16-21-15-18(3)8-9-19(21)4/h8-13,15,23H,5-7,14,16-17H2,1-4H3,(H,27,30). The van der Waals surface area contributed by atoms with E-state index in [0.29, 0.717) is 24.5 Å². The molecule has 0 fully saturated rings. The second-order valence-corrected chi connectivity index (χ2v) is 8.26. The number of hydrogen-bond acceptors (Lipinski definition) is 2. The Morgan fingerprint density at radius 3 is 2.40 bits per heavy atom. The van der Waals surface area contributed by atoms with Crippen molar-refractivity contribution in [1.29, 1.82) is 0 Å². The van der Waals surface area contributed by atoms with Crippen molar-refractivity contribution in [3.05, 3.63) is 69.7 Å². The molecule has 2 amide bonds. The SMILES string of the molecule is CCCCNC(=O)C(CC)N(Cc1ccc(Cl)cc1)C(=O)Cc1cc(C)ccc1C. The summed E-state index contributed by atoms with van der Waals surface area (Å²) in [5.41, 5.74) is 4.16. The summed E-state index contributed by atoms with van der Waals surface area (Å²) in [6.07, 6.45) is 2.77. The first-order valence-corrected chi connectivity index (χ1v) is 11.1. The van der Waals surface area contributed by atoms with Crippen molar-refractivity contribution in [3.63, 3.8) is 0 Å². The molecular formula is C25H33ClN2O2. The second-order valence-electron chi connectivity index (χ2n) is 7.82. The first kappa shape index (κ1) is 23.9. The predicted octanol–water partition coefficient (Wildman–Crippen LogP) is 5.22. The van der Waals surface area contributed by atoms with E-state index >= 15 is 0 Å². The molecule has 0 saturated heterocycles. The molecule has 0 radical (unpaired) electrons. The molecule has 162 valence electrons. The molecule has 1 atom stereocenters. The van der Waals surface area contributed by atoms with Gasteiger partial charge >= 0.3 is 0 Å². The number of carbonyl (C=O) groups is 2. The van der Waals surface area contributed by atoms with E-state index in [1.54, 1.807) is 4.90 Å². The van der Waals surface area contributed by atoms with Gasteiger partial charge in [-0.25, -0.2) is 0 Å². The van der Waals surface area contributed by atoms with E-state index in [-0.39, 0.29) is 18.2 Å². The average Bonchev–Trinajstić information content (AvgIpc) is 2.72. The Labute approximate surface area is 185 Å². The van der Waals surface area contributed by atoms with E-state index in [0.717, 1.165) is 35.1 Å². The molecule has 0 saturated carbocycles. The quantitative estimate of drug-likeness (QED) is 0.527. The smallest absolute Gasteiger partial charge is 0.242 e. The zero-order valence-electron chi connectivity index (χ0n) is 18.5. The largest absolute Gasteiger partial charge is 0.354 e. The lowest BCUT2D eigenvalue weighted by Gasteiger charge is -2.31. The molecule has 0 aliphatic carbocycles. The van der Waals surface area contributed by atoms with Gasteiger partial charge in [0.15, 0.2) is 0 Å². The first-order valence-electron chi connectivity index (χ1n) is 10.7. The van der Waals surface area contributed by atoms with Crippen molar-refractivity contribution in [1.82, 2.24) is 10.2 Å². The summed E-state index contributed by atoms with van der Waals surface area (Å²) in [6, 6.07) is 13.1. The fourth-order valence-corrected chi connectivity index (χ4v) is 3.59. The molecule has 0 aromatic heterocycles. The van der Waals surface area contributed by atoms with E-state index < -0.39 is 6.04 Å². The van der Waals surface area contributed by atoms with Crippen LogP contribution >= 0.6 is 11.6 Å². The number of hydrogen-bond donors (Lipinski definition) is 1. The summed E-state index contributed by atoms with van der Waals surface area (Å²) in [5.74, 6) is -0.134. The molecular weight excluding hydrogens is 396 g/mol. The highest BCUT2D eigenvalue weighted by molar-refractivity contribution is 6.30. The fourth-order valence-electron chi connectivity index (χ4n) is 3.47. The van der Waals surface area contributed by atoms with E-state index in [4.69, 9.17) is 11.6 Å². The van der Waals surface area contributed by atoms with Crippen LogP contribution in [0.25, 0.3) is 0 Å². The molecule has 4 nitrogen and oxygen atoms in total. The van der Waals surface area contributed by atoms with Crippen LogP contribution in [0.15, 0.2) is 42.5 Å². The second kappa shape index (κ2) is 11.8. The molecule has 2 aromatic carbocycles. The van der Waals surface area contributed by atoms with Crippen LogP contribution in [0.1, 0.15) is 55.4 Å². The van der Waals surface area contributed by atoms with E-state index in [1.165, 1.54) is 0 Å². The van der Waals surface area contributed by atoms with Gasteiger partial charge in [0.25, 0.3) is 0 Å². The highest BCUT2D eigenvalue weighted by Gasteiger charge is 2.28. The minimum Gasteiger partial charge on any atom is -0.354 e. The van der Waals surface area contributed by atoms with Crippen molar-refractivity contribution in [2.45, 2.75) is 66.0 Å². The minimum atomic E-state index is -0.504. The van der Waals surface area contributed by atoms with Gasteiger partial charge in [-0.3, -0.25) is 9.59 Å². The van der Waals surface area contributed by atoms with Crippen molar-refractivity contribution in [2.75, 3.05) is 6.54 Å². The van der Waals surface area contributed by atoms with Gasteiger partial charge in [-0.1, -0.05) is 67.8 Å². The third-order valence-corrected chi connectivity index (χ3v) is 5.58. The van der Waals surface area contributed by atoms with Gasteiger partial charge in [-0.2, -0.15) is 0 Å². The van der Waals surface area contributed by atoms with Crippen LogP contribution in [-0.2, 0) is 22.6 Å². The molecule has 2 rings (SSSR count). The molecule has 5 heteroatoms. The lowest BCUT2D eigenvalue weighted by atomic mass is 10.0. The summed E-state index contributed by atoms with van der Waals surface area (Å²) < 4.78 is 0. The van der Waals surface area contributed by atoms with Gasteiger partial charge in [-0.15, -0.1) is 0 Å². The molecule has 30 heavy (non-hydrogen) atoms. The lowest BCUT2D eigenvalue weighted by Crippen LogP contribution is -2.49. The molecule has 0 aliphatic heterocycles. The van der Waals surface area contributed by atoms with Crippen LogP contribution < -0.4 is 5.32 Å². The first-order chi connectivity index (χ1) is 14.3. The predicted molar refractivity (Wildman–Crippen MR) is 124 cm³/mol. The van der Waals surface area contributed by atoms with Crippen molar-refractivity contribution in [2.24, 2.45) is 0 Å². The summed E-state index contributed by atoms with van der Waals surface area (Å²) in [6.45, 7) is 9.08. The number of benzene rings is 2. The van der Waals surface area contributed by atoms with Gasteiger partial charge < -0.3 is 10.2 Å². The van der Waals surface area contributed by atoms with Crippen LogP contribution in [0.4, 0.5) is 0 Å². The summed E-state index contributed by atoms with van der Waals surface area (Å²) in [7, 11) is 0. The summed E-state index contributed by atoms with van der Waals surface area (Å²) >= 11 is 6.02. The van der Waals surface area contributed by atoms with E-state index in [9.17, 15) is 9.59 Å². The number of nitrogens with one attached hydrogen (secondary N) is 1. The molecule has 2 aromatic rings. The van der Waals surface area contributed by atoms with Gasteiger partial charge in [0.2, 0.25) is 11.8 Å². The number of amides is 2. The number of unbranched alkanes of at least 4 members (excludes halogenated alkanes) is 1. The highest BCUT2D eigenvalue weighted by Crippen LogP contribution is 2.18. The average molecular weight is 429 g/mol. The monoisotopic (exact) mass is 428 g/mol. The molecule has 0 aliphatic rings. The minimum absolute atomic E-state index is 0.0452. The maximum Gasteiger partial charge on any atom is 0.242 e. The van der Waals surface area contributed by atoms with Crippen LogP contribution in [0.3, 0.4) is 0 Å². The number of halogens is 1. The molecule has 0 bridgehead atoms. The van der Waals surface area contributed by atoms with Crippen LogP contribution in [0.2, 0.25) is 5.02 Å². The normalized spacial score (nSPS) is 11.8. The van der Waals surface area contributed by atoms with Crippen LogP contribution in [0.5, 0.6) is 0 Å². The maximum absolute atomic E-state index is 13.4. The molecule has 0 spiro atoms. The lowest BCUT2D eigenvalue weighted by molar-refractivity contribution is -0.140. The van der Waals surface area contributed by atoms with Gasteiger partial charge in [0.1, 0.15) is 6.04 Å². The molecule has 1 N–H and O–H groups in total. The third-order valence-electron chi connectivity index (χ3n) is 5.33. The molecule has 0 heterocycles. The van der Waals surface area contributed by atoms with Crippen molar-refractivity contribution >= 4 is 23.4 Å². The zero-order chi connectivity index (χ0) is 22.1. The van der Waals surface area contributed by atoms with Gasteiger partial charge in [0.05, 0.1) is 6.42 Å². The van der Waals surface area contributed by atoms with E-state index in [2.05, 4.69) is 18.3 Å². The number of rotatable bonds is 10. The fraction of sp³-hybridized carbons (Fsp3) is 0.440. The Kier molecular flexibility index (Phi) is 9.38. The van der Waals surface area contributed by atoms with Crippen LogP contribution in [-0.4, -0.2) is 29.3 Å².